The Morgan fingerprint density at radius 1 is 0.966 bits per heavy atom. The number of Topliss-reactive ketones (excluding diaryl/α,β-unsaturated/α-hetero) is 1. The molecule has 1 unspecified atom stereocenters. The second-order valence-corrected chi connectivity index (χ2v) is 8.05. The maximum atomic E-state index is 13.4. The minimum Gasteiger partial charge on any atom is -0.461 e. The molecule has 0 bridgehead atoms. The van der Waals surface area contributed by atoms with Gasteiger partial charge in [0.2, 0.25) is 0 Å². The normalized spacial score (nSPS) is 12.1. The van der Waals surface area contributed by atoms with E-state index in [4.69, 9.17) is 4.42 Å². The van der Waals surface area contributed by atoms with Crippen LogP contribution in [-0.4, -0.2) is 20.5 Å². The number of rotatable bonds is 6. The van der Waals surface area contributed by atoms with E-state index in [-0.39, 0.29) is 5.78 Å². The zero-order valence-corrected chi connectivity index (χ0v) is 17.3. The maximum absolute atomic E-state index is 13.4. The van der Waals surface area contributed by atoms with Crippen LogP contribution in [0.2, 0.25) is 0 Å². The molecular weight excluding hydrogens is 382 g/mol. The summed E-state index contributed by atoms with van der Waals surface area (Å²) >= 11 is 1.40. The Balaban J connectivity index is 1.70. The van der Waals surface area contributed by atoms with Crippen molar-refractivity contribution in [2.45, 2.75) is 24.3 Å². The van der Waals surface area contributed by atoms with E-state index < -0.39 is 5.25 Å². The van der Waals surface area contributed by atoms with Gasteiger partial charge in [-0.2, -0.15) is 0 Å². The van der Waals surface area contributed by atoms with Gasteiger partial charge in [-0.05, 0) is 31.5 Å². The molecule has 0 fully saturated rings. The Kier molecular flexibility index (Phi) is 5.36. The molecule has 0 radical (unpaired) electrons. The van der Waals surface area contributed by atoms with Crippen LogP contribution in [-0.2, 0) is 7.05 Å². The third-order valence-corrected chi connectivity index (χ3v) is 6.04. The molecule has 146 valence electrons. The van der Waals surface area contributed by atoms with Crippen LogP contribution in [0.3, 0.4) is 0 Å². The van der Waals surface area contributed by atoms with Gasteiger partial charge in [0.1, 0.15) is 5.25 Å². The molecule has 0 saturated heterocycles. The Labute approximate surface area is 173 Å². The smallest absolute Gasteiger partial charge is 0.200 e. The molecule has 0 aliphatic carbocycles. The van der Waals surface area contributed by atoms with Crippen molar-refractivity contribution < 1.29 is 9.21 Å². The van der Waals surface area contributed by atoms with E-state index in [1.165, 1.54) is 11.8 Å². The molecule has 2 aromatic carbocycles. The van der Waals surface area contributed by atoms with Crippen LogP contribution in [0.5, 0.6) is 0 Å². The average molecular weight is 404 g/mol. The third-order valence-electron chi connectivity index (χ3n) is 4.75. The zero-order chi connectivity index (χ0) is 20.4. The number of aromatic nitrogens is 3. The van der Waals surface area contributed by atoms with E-state index in [1.807, 2.05) is 86.1 Å². The summed E-state index contributed by atoms with van der Waals surface area (Å²) in [7, 11) is 1.88. The number of ketones is 1. The number of aryl methyl sites for hydroxylation is 2. The fourth-order valence-corrected chi connectivity index (χ4v) is 4.11. The van der Waals surface area contributed by atoms with Gasteiger partial charge in [-0.15, -0.1) is 10.2 Å². The van der Waals surface area contributed by atoms with Gasteiger partial charge in [0.05, 0.1) is 6.26 Å². The summed E-state index contributed by atoms with van der Waals surface area (Å²) in [5.41, 5.74) is 3.90. The molecule has 0 N–H and O–H groups in total. The lowest BCUT2D eigenvalue weighted by Crippen LogP contribution is -2.11. The monoisotopic (exact) mass is 403 g/mol. The minimum absolute atomic E-state index is 0.0430. The first-order valence-electron chi connectivity index (χ1n) is 9.30. The predicted molar refractivity (Wildman–Crippen MR) is 114 cm³/mol. The first-order chi connectivity index (χ1) is 14.0. The SMILES string of the molecule is Cc1ccc(C(=O)C(Sc2nnc(-c3ccco3)n2C)c2ccc(C)cc2)cc1. The summed E-state index contributed by atoms with van der Waals surface area (Å²) in [4.78, 5) is 13.4. The predicted octanol–water partition coefficient (Wildman–Crippen LogP) is 5.41. The molecule has 1 atom stereocenters. The lowest BCUT2D eigenvalue weighted by Gasteiger charge is -2.16. The highest BCUT2D eigenvalue weighted by Crippen LogP contribution is 2.38. The zero-order valence-electron chi connectivity index (χ0n) is 16.5. The van der Waals surface area contributed by atoms with Gasteiger partial charge in [-0.25, -0.2) is 0 Å². The molecular formula is C23H21N3O2S. The molecule has 0 amide bonds. The molecule has 6 heteroatoms. The van der Waals surface area contributed by atoms with E-state index in [2.05, 4.69) is 10.2 Å². The molecule has 5 nitrogen and oxygen atoms in total. The second kappa shape index (κ2) is 8.09. The summed E-state index contributed by atoms with van der Waals surface area (Å²) in [5.74, 6) is 1.31. The largest absolute Gasteiger partial charge is 0.461 e. The van der Waals surface area contributed by atoms with Crippen LogP contribution < -0.4 is 0 Å². The van der Waals surface area contributed by atoms with Crippen molar-refractivity contribution >= 4 is 17.5 Å². The number of hydrogen-bond donors (Lipinski definition) is 0. The fourth-order valence-electron chi connectivity index (χ4n) is 3.03. The van der Waals surface area contributed by atoms with Gasteiger partial charge in [0.15, 0.2) is 22.5 Å². The van der Waals surface area contributed by atoms with Crippen molar-refractivity contribution in [2.24, 2.45) is 7.05 Å². The number of hydrogen-bond acceptors (Lipinski definition) is 5. The van der Waals surface area contributed by atoms with E-state index in [9.17, 15) is 4.79 Å². The first-order valence-corrected chi connectivity index (χ1v) is 10.2. The van der Waals surface area contributed by atoms with Crippen LogP contribution in [0.1, 0.15) is 32.3 Å². The number of carbonyl (C=O) groups is 1. The molecule has 2 aromatic heterocycles. The van der Waals surface area contributed by atoms with Gasteiger partial charge >= 0.3 is 0 Å². The number of carbonyl (C=O) groups excluding carboxylic acids is 1. The summed E-state index contributed by atoms with van der Waals surface area (Å²) in [6.07, 6.45) is 1.60. The standard InChI is InChI=1S/C23H21N3O2S/c1-15-6-10-17(11-7-15)20(27)21(18-12-8-16(2)9-13-18)29-23-25-24-22(26(23)3)19-5-4-14-28-19/h4-14,21H,1-3H3. The Morgan fingerprint density at radius 2 is 1.62 bits per heavy atom. The van der Waals surface area contributed by atoms with Crippen LogP contribution in [0, 0.1) is 13.8 Å². The van der Waals surface area contributed by atoms with E-state index in [0.717, 1.165) is 16.7 Å². The average Bonchev–Trinajstić information content (AvgIpc) is 3.37. The van der Waals surface area contributed by atoms with E-state index >= 15 is 0 Å². The van der Waals surface area contributed by atoms with Gasteiger partial charge < -0.3 is 8.98 Å². The molecule has 0 aliphatic heterocycles. The number of benzene rings is 2. The molecule has 2 heterocycles. The fraction of sp³-hybridized carbons (Fsp3) is 0.174. The third kappa shape index (κ3) is 4.03. The molecule has 4 aromatic rings. The molecule has 4 rings (SSSR count). The van der Waals surface area contributed by atoms with Crippen molar-refractivity contribution in [1.29, 1.82) is 0 Å². The van der Waals surface area contributed by atoms with Crippen molar-refractivity contribution in [1.82, 2.24) is 14.8 Å². The first kappa shape index (κ1) is 19.2. The molecule has 0 spiro atoms. The number of nitrogens with zero attached hydrogens (tertiary/aromatic N) is 3. The highest BCUT2D eigenvalue weighted by Gasteiger charge is 2.26. The van der Waals surface area contributed by atoms with Crippen molar-refractivity contribution in [3.8, 4) is 11.6 Å². The van der Waals surface area contributed by atoms with Crippen LogP contribution in [0.4, 0.5) is 0 Å². The summed E-state index contributed by atoms with van der Waals surface area (Å²) in [6.45, 7) is 4.04. The highest BCUT2D eigenvalue weighted by atomic mass is 32.2. The number of thioether (sulfide) groups is 1. The van der Waals surface area contributed by atoms with Gasteiger partial charge in [-0.3, -0.25) is 4.79 Å². The van der Waals surface area contributed by atoms with Crippen LogP contribution >= 0.6 is 11.8 Å². The molecule has 0 aliphatic rings. The summed E-state index contributed by atoms with van der Waals surface area (Å²) < 4.78 is 7.30. The molecule has 29 heavy (non-hydrogen) atoms. The molecule has 0 saturated carbocycles. The van der Waals surface area contributed by atoms with Gasteiger partial charge in [0.25, 0.3) is 0 Å². The summed E-state index contributed by atoms with van der Waals surface area (Å²) in [6, 6.07) is 19.4. The van der Waals surface area contributed by atoms with Gasteiger partial charge in [0, 0.05) is 12.6 Å². The van der Waals surface area contributed by atoms with Crippen molar-refractivity contribution in [3.63, 3.8) is 0 Å². The van der Waals surface area contributed by atoms with Crippen LogP contribution in [0.25, 0.3) is 11.6 Å². The van der Waals surface area contributed by atoms with Crippen molar-refractivity contribution in [3.05, 3.63) is 89.2 Å². The quantitative estimate of drug-likeness (QED) is 0.318. The van der Waals surface area contributed by atoms with E-state index in [1.54, 1.807) is 6.26 Å². The lowest BCUT2D eigenvalue weighted by atomic mass is 10.0. The summed E-state index contributed by atoms with van der Waals surface area (Å²) in [5, 5.41) is 8.79. The Bertz CT molecular complexity index is 1110. The number of furan rings is 1. The van der Waals surface area contributed by atoms with Gasteiger partial charge in [-0.1, -0.05) is 71.4 Å². The van der Waals surface area contributed by atoms with Crippen LogP contribution in [0.15, 0.2) is 76.5 Å². The minimum atomic E-state index is -0.425. The highest BCUT2D eigenvalue weighted by molar-refractivity contribution is 8.00. The van der Waals surface area contributed by atoms with Crippen molar-refractivity contribution in [2.75, 3.05) is 0 Å². The second-order valence-electron chi connectivity index (χ2n) is 6.98. The lowest BCUT2D eigenvalue weighted by molar-refractivity contribution is 0.0989. The maximum Gasteiger partial charge on any atom is 0.200 e. The Morgan fingerprint density at radius 3 is 2.24 bits per heavy atom. The Hall–Kier alpha value is -3.12. The topological polar surface area (TPSA) is 60.9 Å². The van der Waals surface area contributed by atoms with E-state index in [0.29, 0.717) is 22.3 Å².